The second-order valence-electron chi connectivity index (χ2n) is 3.72. The van der Waals surface area contributed by atoms with E-state index < -0.39 is 0 Å². The summed E-state index contributed by atoms with van der Waals surface area (Å²) >= 11 is 1.21. The van der Waals surface area contributed by atoms with Gasteiger partial charge < -0.3 is 0 Å². The van der Waals surface area contributed by atoms with E-state index in [-0.39, 0.29) is 11.0 Å². The van der Waals surface area contributed by atoms with Gasteiger partial charge in [0, 0.05) is 10.8 Å². The van der Waals surface area contributed by atoms with Crippen LogP contribution in [0.25, 0.3) is 0 Å². The minimum absolute atomic E-state index is 0.0149. The van der Waals surface area contributed by atoms with Crippen molar-refractivity contribution in [2.75, 3.05) is 0 Å². The fraction of sp³-hybridized carbons (Fsp3) is 0.333. The molecule has 0 aliphatic carbocycles. The first kappa shape index (κ1) is 11.8. The summed E-state index contributed by atoms with van der Waals surface area (Å²) in [6.07, 6.45) is 0. The average molecular weight is 219 g/mol. The normalized spacial score (nSPS) is 10.1. The molecule has 0 spiro atoms. The molecule has 0 atom stereocenters. The highest BCUT2D eigenvalue weighted by molar-refractivity contribution is 8.13. The summed E-state index contributed by atoms with van der Waals surface area (Å²) in [4.78, 5) is 12.4. The quantitative estimate of drug-likeness (QED) is 0.717. The Morgan fingerprint density at radius 1 is 1.40 bits per heavy atom. The van der Waals surface area contributed by atoms with E-state index >= 15 is 0 Å². The number of aryl methyl sites for hydroxylation is 1. The van der Waals surface area contributed by atoms with Crippen molar-refractivity contribution in [2.24, 2.45) is 5.92 Å². The molecule has 78 valence electrons. The Hall–Kier alpha value is -1.27. The molecule has 0 bridgehead atoms. The predicted octanol–water partition coefficient (Wildman–Crippen LogP) is 3.14. The van der Waals surface area contributed by atoms with Crippen molar-refractivity contribution in [1.82, 2.24) is 0 Å². The number of hydrogen-bond acceptors (Lipinski definition) is 3. The maximum Gasteiger partial charge on any atom is 0.196 e. The van der Waals surface area contributed by atoms with Gasteiger partial charge in [0.2, 0.25) is 0 Å². The lowest BCUT2D eigenvalue weighted by Crippen LogP contribution is -2.01. The molecule has 1 aromatic rings. The van der Waals surface area contributed by atoms with E-state index in [2.05, 4.69) is 6.07 Å². The van der Waals surface area contributed by atoms with E-state index in [0.717, 1.165) is 10.5 Å². The number of thioether (sulfide) groups is 1. The Labute approximate surface area is 94.3 Å². The first-order valence-corrected chi connectivity index (χ1v) is 5.58. The largest absolute Gasteiger partial charge is 0.287 e. The van der Waals surface area contributed by atoms with E-state index in [4.69, 9.17) is 5.26 Å². The van der Waals surface area contributed by atoms with E-state index in [0.29, 0.717) is 5.56 Å². The molecule has 0 fully saturated rings. The van der Waals surface area contributed by atoms with E-state index in [1.807, 2.05) is 32.9 Å². The van der Waals surface area contributed by atoms with Gasteiger partial charge in [0.05, 0.1) is 11.6 Å². The summed E-state index contributed by atoms with van der Waals surface area (Å²) < 4.78 is 0. The molecule has 0 amide bonds. The Morgan fingerprint density at radius 2 is 2.07 bits per heavy atom. The summed E-state index contributed by atoms with van der Waals surface area (Å²) in [6.45, 7) is 5.66. The highest BCUT2D eigenvalue weighted by atomic mass is 32.2. The van der Waals surface area contributed by atoms with E-state index in [1.165, 1.54) is 11.8 Å². The SMILES string of the molecule is Cc1cc(C#N)cc(SC(=O)C(C)C)c1. The van der Waals surface area contributed by atoms with Crippen LogP contribution < -0.4 is 0 Å². The van der Waals surface area contributed by atoms with Crippen LogP contribution in [0.15, 0.2) is 23.1 Å². The molecule has 3 heteroatoms. The third-order valence-corrected chi connectivity index (χ3v) is 3.01. The van der Waals surface area contributed by atoms with Crippen molar-refractivity contribution in [3.8, 4) is 6.07 Å². The summed E-state index contributed by atoms with van der Waals surface area (Å²) in [5.74, 6) is 0.0149. The van der Waals surface area contributed by atoms with Crippen LogP contribution in [0, 0.1) is 24.2 Å². The van der Waals surface area contributed by atoms with Crippen molar-refractivity contribution < 1.29 is 4.79 Å². The molecule has 0 unspecified atom stereocenters. The molecule has 0 aromatic heterocycles. The first-order valence-electron chi connectivity index (χ1n) is 4.76. The number of benzene rings is 1. The average Bonchev–Trinajstić information content (AvgIpc) is 2.16. The third-order valence-electron chi connectivity index (χ3n) is 1.87. The van der Waals surface area contributed by atoms with Crippen LogP contribution in [-0.2, 0) is 4.79 Å². The Morgan fingerprint density at radius 3 is 2.60 bits per heavy atom. The number of nitrogens with zero attached hydrogens (tertiary/aromatic N) is 1. The summed E-state index contributed by atoms with van der Waals surface area (Å²) in [5, 5.41) is 8.91. The number of nitriles is 1. The molecule has 0 heterocycles. The zero-order valence-corrected chi connectivity index (χ0v) is 9.89. The standard InChI is InChI=1S/C12H13NOS/c1-8(2)12(14)15-11-5-9(3)4-10(6-11)7-13/h4-6,8H,1-3H3. The summed E-state index contributed by atoms with van der Waals surface area (Å²) in [6, 6.07) is 7.57. The van der Waals surface area contributed by atoms with Crippen molar-refractivity contribution >= 4 is 16.9 Å². The van der Waals surface area contributed by atoms with Gasteiger partial charge in [0.1, 0.15) is 0 Å². The van der Waals surface area contributed by atoms with Crippen LogP contribution in [0.4, 0.5) is 0 Å². The Balaban J connectivity index is 2.92. The molecule has 15 heavy (non-hydrogen) atoms. The highest BCUT2D eigenvalue weighted by Gasteiger charge is 2.10. The molecular formula is C12H13NOS. The maximum atomic E-state index is 11.5. The number of rotatable bonds is 2. The van der Waals surface area contributed by atoms with Crippen molar-refractivity contribution in [3.05, 3.63) is 29.3 Å². The molecule has 0 radical (unpaired) electrons. The van der Waals surface area contributed by atoms with Gasteiger partial charge in [-0.15, -0.1) is 0 Å². The molecule has 0 saturated heterocycles. The number of carbonyl (C=O) groups excluding carboxylic acids is 1. The van der Waals surface area contributed by atoms with Crippen LogP contribution >= 0.6 is 11.8 Å². The molecular weight excluding hydrogens is 206 g/mol. The molecule has 0 N–H and O–H groups in total. The monoisotopic (exact) mass is 219 g/mol. The zero-order chi connectivity index (χ0) is 11.4. The molecule has 0 aliphatic rings. The lowest BCUT2D eigenvalue weighted by atomic mass is 10.2. The van der Waals surface area contributed by atoms with Gasteiger partial charge >= 0.3 is 0 Å². The van der Waals surface area contributed by atoms with Gasteiger partial charge in [0.15, 0.2) is 5.12 Å². The van der Waals surface area contributed by atoms with E-state index in [9.17, 15) is 4.79 Å². The highest BCUT2D eigenvalue weighted by Crippen LogP contribution is 2.24. The molecule has 1 aromatic carbocycles. The molecule has 1 rings (SSSR count). The third kappa shape index (κ3) is 3.41. The Kier molecular flexibility index (Phi) is 3.93. The van der Waals surface area contributed by atoms with Gasteiger partial charge in [-0.05, 0) is 30.7 Å². The summed E-state index contributed by atoms with van der Waals surface area (Å²) in [5.41, 5.74) is 1.61. The van der Waals surface area contributed by atoms with Crippen molar-refractivity contribution in [1.29, 1.82) is 5.26 Å². The van der Waals surface area contributed by atoms with Gasteiger partial charge in [-0.25, -0.2) is 0 Å². The molecule has 0 saturated carbocycles. The smallest absolute Gasteiger partial charge is 0.196 e. The zero-order valence-electron chi connectivity index (χ0n) is 9.07. The van der Waals surface area contributed by atoms with Crippen molar-refractivity contribution in [3.63, 3.8) is 0 Å². The minimum atomic E-state index is 0.0149. The maximum absolute atomic E-state index is 11.5. The number of carbonyl (C=O) groups is 1. The minimum Gasteiger partial charge on any atom is -0.287 e. The van der Waals surface area contributed by atoms with E-state index in [1.54, 1.807) is 6.07 Å². The van der Waals surface area contributed by atoms with Crippen LogP contribution in [-0.4, -0.2) is 5.12 Å². The second kappa shape index (κ2) is 4.99. The summed E-state index contributed by atoms with van der Waals surface area (Å²) in [7, 11) is 0. The fourth-order valence-corrected chi connectivity index (χ4v) is 2.00. The van der Waals surface area contributed by atoms with Gasteiger partial charge in [0.25, 0.3) is 0 Å². The van der Waals surface area contributed by atoms with Gasteiger partial charge in [-0.2, -0.15) is 5.26 Å². The Bertz CT molecular complexity index is 418. The molecule has 2 nitrogen and oxygen atoms in total. The van der Waals surface area contributed by atoms with Crippen molar-refractivity contribution in [2.45, 2.75) is 25.7 Å². The topological polar surface area (TPSA) is 40.9 Å². The lowest BCUT2D eigenvalue weighted by molar-refractivity contribution is -0.113. The van der Waals surface area contributed by atoms with Gasteiger partial charge in [-0.3, -0.25) is 4.79 Å². The fourth-order valence-electron chi connectivity index (χ4n) is 1.11. The first-order chi connectivity index (χ1) is 7.02. The second-order valence-corrected chi connectivity index (χ2v) is 4.80. The van der Waals surface area contributed by atoms with Crippen LogP contribution in [0.5, 0.6) is 0 Å². The lowest BCUT2D eigenvalue weighted by Gasteiger charge is -2.04. The van der Waals surface area contributed by atoms with Crippen LogP contribution in [0.1, 0.15) is 25.0 Å². The predicted molar refractivity (Wildman–Crippen MR) is 61.6 cm³/mol. The molecule has 0 aliphatic heterocycles. The van der Waals surface area contributed by atoms with Gasteiger partial charge in [-0.1, -0.05) is 25.6 Å². The van der Waals surface area contributed by atoms with Crippen LogP contribution in [0.3, 0.4) is 0 Å². The number of hydrogen-bond donors (Lipinski definition) is 0. The van der Waals surface area contributed by atoms with Crippen LogP contribution in [0.2, 0.25) is 0 Å².